The number of aliphatic hydroxyl groups is 1. The maximum Gasteiger partial charge on any atom is 0.313 e. The molecule has 2 aromatic rings. The Bertz CT molecular complexity index is 1540. The number of amides is 3. The molecule has 2 saturated heterocycles. The van der Waals surface area contributed by atoms with Gasteiger partial charge in [0.15, 0.2) is 0 Å². The van der Waals surface area contributed by atoms with E-state index < -0.39 is 53.6 Å². The fraction of sp³-hybridized carbons (Fsp3) is 0.429. The number of aryl methyl sites for hydroxylation is 2. The number of benzene rings is 2. The van der Waals surface area contributed by atoms with Crippen molar-refractivity contribution in [3.63, 3.8) is 0 Å². The van der Waals surface area contributed by atoms with Crippen molar-refractivity contribution < 1.29 is 33.8 Å². The molecule has 6 rings (SSSR count). The van der Waals surface area contributed by atoms with Crippen LogP contribution in [0, 0.1) is 25.7 Å². The zero-order valence-corrected chi connectivity index (χ0v) is 25.7. The number of hydrogen-bond donors (Lipinski definition) is 2. The molecule has 2 aromatic carbocycles. The molecule has 0 aromatic heterocycles. The fourth-order valence-corrected chi connectivity index (χ4v) is 7.34. The smallest absolute Gasteiger partial charge is 0.313 e. The van der Waals surface area contributed by atoms with Crippen LogP contribution in [0.5, 0.6) is 0 Å². The van der Waals surface area contributed by atoms with Gasteiger partial charge in [-0.1, -0.05) is 72.8 Å². The number of aliphatic hydroxyl groups excluding tert-OH is 1. The lowest BCUT2D eigenvalue weighted by Crippen LogP contribution is -2.58. The Morgan fingerprint density at radius 2 is 1.73 bits per heavy atom. The van der Waals surface area contributed by atoms with Crippen molar-refractivity contribution >= 4 is 29.4 Å². The Kier molecular flexibility index (Phi) is 8.37. The molecule has 0 radical (unpaired) electrons. The van der Waals surface area contributed by atoms with Crippen molar-refractivity contribution in [3.05, 3.63) is 89.5 Å². The lowest BCUT2D eigenvalue weighted by Gasteiger charge is -2.38. The summed E-state index contributed by atoms with van der Waals surface area (Å²) < 4.78 is 12.8. The van der Waals surface area contributed by atoms with Crippen LogP contribution in [0.15, 0.2) is 72.8 Å². The predicted octanol–water partition coefficient (Wildman–Crippen LogP) is 2.92. The number of ether oxygens (including phenoxy) is 2. The number of carbonyl (C=O) groups is 4. The van der Waals surface area contributed by atoms with Crippen molar-refractivity contribution in [1.82, 2.24) is 10.2 Å². The van der Waals surface area contributed by atoms with E-state index in [-0.39, 0.29) is 37.9 Å². The molecule has 2 N–H and O–H groups in total. The second-order valence-electron chi connectivity index (χ2n) is 12.3. The second-order valence-corrected chi connectivity index (χ2v) is 12.3. The zero-order chi connectivity index (χ0) is 31.9. The average Bonchev–Trinajstić information content (AvgIpc) is 3.42. The summed E-state index contributed by atoms with van der Waals surface area (Å²) in [5, 5.41) is 13.1. The molecule has 0 bridgehead atoms. The van der Waals surface area contributed by atoms with Gasteiger partial charge in [0.1, 0.15) is 23.7 Å². The summed E-state index contributed by atoms with van der Waals surface area (Å²) in [5.74, 6) is -3.78. The van der Waals surface area contributed by atoms with Crippen LogP contribution in [0.3, 0.4) is 0 Å². The normalized spacial score (nSPS) is 31.5. The first-order chi connectivity index (χ1) is 21.7. The molecule has 0 unspecified atom stereocenters. The van der Waals surface area contributed by atoms with Crippen LogP contribution >= 0.6 is 0 Å². The van der Waals surface area contributed by atoms with E-state index in [2.05, 4.69) is 5.32 Å². The van der Waals surface area contributed by atoms with Gasteiger partial charge >= 0.3 is 5.97 Å². The van der Waals surface area contributed by atoms with Crippen molar-refractivity contribution in [2.45, 2.75) is 63.5 Å². The summed E-state index contributed by atoms with van der Waals surface area (Å²) in [6, 6.07) is 13.1. The quantitative estimate of drug-likeness (QED) is 0.401. The van der Waals surface area contributed by atoms with Crippen molar-refractivity contribution in [1.29, 1.82) is 0 Å². The van der Waals surface area contributed by atoms with Crippen LogP contribution in [0.4, 0.5) is 5.69 Å². The number of nitrogens with one attached hydrogen (secondary N) is 1. The molecule has 10 heteroatoms. The molecule has 236 valence electrons. The van der Waals surface area contributed by atoms with E-state index in [1.54, 1.807) is 30.1 Å². The summed E-state index contributed by atoms with van der Waals surface area (Å²) in [6.07, 6.45) is 6.03. The average molecular weight is 614 g/mol. The van der Waals surface area contributed by atoms with Crippen molar-refractivity contribution in [2.75, 3.05) is 24.6 Å². The summed E-state index contributed by atoms with van der Waals surface area (Å²) in [5.41, 5.74) is 1.78. The molecule has 7 atom stereocenters. The van der Waals surface area contributed by atoms with Crippen molar-refractivity contribution in [3.8, 4) is 0 Å². The predicted molar refractivity (Wildman–Crippen MR) is 166 cm³/mol. The number of cyclic esters (lactones) is 1. The van der Waals surface area contributed by atoms with E-state index in [1.165, 1.54) is 4.90 Å². The number of nitrogens with zero attached hydrogens (tertiary/aromatic N) is 2. The van der Waals surface area contributed by atoms with Crippen LogP contribution in [-0.2, 0) is 28.7 Å². The zero-order valence-electron chi connectivity index (χ0n) is 25.7. The summed E-state index contributed by atoms with van der Waals surface area (Å²) in [4.78, 5) is 59.0. The molecular formula is C35H39N3O7. The lowest BCUT2D eigenvalue weighted by atomic mass is 9.77. The van der Waals surface area contributed by atoms with Crippen LogP contribution < -0.4 is 10.2 Å². The van der Waals surface area contributed by atoms with E-state index in [1.807, 2.05) is 68.5 Å². The molecule has 1 spiro atoms. The van der Waals surface area contributed by atoms with Crippen LogP contribution in [-0.4, -0.2) is 77.2 Å². The Labute approximate surface area is 262 Å². The molecule has 2 fully saturated rings. The number of para-hydroxylation sites is 1. The third-order valence-corrected chi connectivity index (χ3v) is 9.43. The molecule has 45 heavy (non-hydrogen) atoms. The molecular weight excluding hydrogens is 574 g/mol. The topological polar surface area (TPSA) is 125 Å². The number of fused-ring (bicyclic) bond motifs is 2. The van der Waals surface area contributed by atoms with Gasteiger partial charge in [-0.3, -0.25) is 19.2 Å². The van der Waals surface area contributed by atoms with Crippen LogP contribution in [0.25, 0.3) is 0 Å². The number of allylic oxidation sites excluding steroid dienone is 1. The Morgan fingerprint density at radius 3 is 2.44 bits per heavy atom. The van der Waals surface area contributed by atoms with E-state index in [9.17, 15) is 24.3 Å². The van der Waals surface area contributed by atoms with Gasteiger partial charge < -0.3 is 29.7 Å². The highest BCUT2D eigenvalue weighted by atomic mass is 16.6. The molecule has 3 amide bonds. The minimum absolute atomic E-state index is 0.0692. The van der Waals surface area contributed by atoms with Crippen LogP contribution in [0.2, 0.25) is 0 Å². The Hall–Kier alpha value is -4.28. The molecule has 10 nitrogen and oxygen atoms in total. The molecule has 4 heterocycles. The number of hydrogen-bond acceptors (Lipinski definition) is 7. The highest BCUT2D eigenvalue weighted by Gasteiger charge is 2.72. The van der Waals surface area contributed by atoms with Gasteiger partial charge in [-0.05, 0) is 43.9 Å². The van der Waals surface area contributed by atoms with E-state index >= 15 is 0 Å². The first-order valence-electron chi connectivity index (χ1n) is 15.5. The van der Waals surface area contributed by atoms with E-state index in [4.69, 9.17) is 9.47 Å². The third kappa shape index (κ3) is 5.25. The van der Waals surface area contributed by atoms with E-state index in [0.717, 1.165) is 16.8 Å². The van der Waals surface area contributed by atoms with Gasteiger partial charge in [0.05, 0.1) is 31.2 Å². The lowest BCUT2D eigenvalue weighted by molar-refractivity contribution is -0.160. The largest absolute Gasteiger partial charge is 0.455 e. The minimum atomic E-state index is -1.49. The SMILES string of the molecule is Cc1cccc(C)c1N1CC=C[C@@]23O[C@H]4/C=C\CCC(=O)NC[C@H](c5ccccc5)OC(=O)[C@H]4[C@@H]2C(=O)N([C@H](C)CO)[C@H]3C1=O. The first kappa shape index (κ1) is 30.7. The minimum Gasteiger partial charge on any atom is -0.455 e. The maximum atomic E-state index is 14.7. The van der Waals surface area contributed by atoms with E-state index in [0.29, 0.717) is 12.0 Å². The molecule has 4 aliphatic rings. The fourth-order valence-electron chi connectivity index (χ4n) is 7.34. The second kappa shape index (κ2) is 12.3. The third-order valence-electron chi connectivity index (χ3n) is 9.43. The van der Waals surface area contributed by atoms with Gasteiger partial charge in [0.2, 0.25) is 11.8 Å². The summed E-state index contributed by atoms with van der Waals surface area (Å²) in [6.45, 7) is 5.49. The maximum absolute atomic E-state index is 14.7. The number of carbonyl (C=O) groups excluding carboxylic acids is 4. The number of anilines is 1. The van der Waals surface area contributed by atoms with Gasteiger partial charge in [-0.2, -0.15) is 0 Å². The molecule has 0 aliphatic carbocycles. The highest BCUT2D eigenvalue weighted by molar-refractivity contribution is 6.06. The number of likely N-dealkylation sites (tertiary alicyclic amines) is 1. The number of esters is 1. The van der Waals surface area contributed by atoms with Gasteiger partial charge in [0.25, 0.3) is 5.91 Å². The Morgan fingerprint density at radius 1 is 1.00 bits per heavy atom. The van der Waals surface area contributed by atoms with Crippen molar-refractivity contribution in [2.24, 2.45) is 11.8 Å². The van der Waals surface area contributed by atoms with Gasteiger partial charge in [-0.15, -0.1) is 0 Å². The first-order valence-corrected chi connectivity index (χ1v) is 15.5. The highest BCUT2D eigenvalue weighted by Crippen LogP contribution is 2.54. The summed E-state index contributed by atoms with van der Waals surface area (Å²) >= 11 is 0. The standard InChI is InChI=1S/C35H39N3O7/c1-21-11-9-12-22(2)30(21)37-18-10-17-35-29(32(41)38(23(3)20-39)31(35)33(37)42)28-25(45-35)15-7-8-16-27(40)36-19-26(44-34(28)43)24-13-5-4-6-14-24/h4-7,9-15,17,23,25-26,28-29,31,39H,8,16,18-20H2,1-3H3,(H,36,40)/b15-7-/t23-,25+,26-,28-,29-,31+,35-/m1/s1. The van der Waals surface area contributed by atoms with Gasteiger partial charge in [0, 0.05) is 18.7 Å². The number of rotatable bonds is 4. The Balaban J connectivity index is 1.45. The summed E-state index contributed by atoms with van der Waals surface area (Å²) in [7, 11) is 0. The van der Waals surface area contributed by atoms with Crippen LogP contribution in [0.1, 0.15) is 42.6 Å². The monoisotopic (exact) mass is 613 g/mol. The molecule has 4 aliphatic heterocycles. The molecule has 0 saturated carbocycles. The van der Waals surface area contributed by atoms with Gasteiger partial charge in [-0.25, -0.2) is 0 Å².